The van der Waals surface area contributed by atoms with Gasteiger partial charge in [-0.15, -0.1) is 23.2 Å². The van der Waals surface area contributed by atoms with Gasteiger partial charge >= 0.3 is 0 Å². The van der Waals surface area contributed by atoms with Crippen LogP contribution in [0.4, 0.5) is 30.2 Å². The van der Waals surface area contributed by atoms with Gasteiger partial charge in [0, 0.05) is 17.7 Å². The second-order valence-corrected chi connectivity index (χ2v) is 10.3. The van der Waals surface area contributed by atoms with Gasteiger partial charge in [0.1, 0.15) is 21.8 Å². The normalized spacial score (nSPS) is 17.6. The van der Waals surface area contributed by atoms with Crippen LogP contribution in [0.1, 0.15) is 21.8 Å². The summed E-state index contributed by atoms with van der Waals surface area (Å²) in [6, 6.07) is 9.15. The first kappa shape index (κ1) is 27.1. The number of anilines is 3. The van der Waals surface area contributed by atoms with Crippen LogP contribution in [0.5, 0.6) is 0 Å². The van der Waals surface area contributed by atoms with E-state index in [9.17, 15) is 27.6 Å². The molecule has 1 fully saturated rings. The summed E-state index contributed by atoms with van der Waals surface area (Å²) in [6.07, 6.45) is 0.163. The van der Waals surface area contributed by atoms with E-state index in [-0.39, 0.29) is 17.1 Å². The van der Waals surface area contributed by atoms with Crippen molar-refractivity contribution in [2.45, 2.75) is 10.3 Å². The second kappa shape index (κ2) is 10.4. The number of amides is 3. The number of alkyl halides is 2. The van der Waals surface area contributed by atoms with Crippen LogP contribution in [-0.4, -0.2) is 22.6 Å². The molecule has 4 rings (SSSR count). The number of rotatable bonds is 7. The van der Waals surface area contributed by atoms with Crippen LogP contribution in [0.15, 0.2) is 48.5 Å². The Bertz CT molecular complexity index is 1440. The fraction of sp³-hybridized carbons (Fsp3) is 0.125. The van der Waals surface area contributed by atoms with Crippen molar-refractivity contribution in [2.24, 2.45) is 5.92 Å². The SMILES string of the molecule is O=CNc1cc(NC(=O)c2cc(NC(=O)C3[C@H](c4ccc(Cl)c(Cl)c4)C3(Cl)Cl)ccc2F)c(F)cc1F. The highest BCUT2D eigenvalue weighted by Crippen LogP contribution is 2.65. The molecule has 1 aliphatic rings. The smallest absolute Gasteiger partial charge is 0.258 e. The van der Waals surface area contributed by atoms with Crippen LogP contribution in [0.2, 0.25) is 10.0 Å². The van der Waals surface area contributed by atoms with E-state index in [0.29, 0.717) is 16.7 Å². The Kier molecular flexibility index (Phi) is 7.62. The lowest BCUT2D eigenvalue weighted by Gasteiger charge is -2.11. The summed E-state index contributed by atoms with van der Waals surface area (Å²) in [5, 5.41) is 7.22. The fourth-order valence-corrected chi connectivity index (χ4v) is 4.91. The Morgan fingerprint density at radius 1 is 0.838 bits per heavy atom. The average Bonchev–Trinajstić information content (AvgIpc) is 3.42. The van der Waals surface area contributed by atoms with Crippen LogP contribution >= 0.6 is 46.4 Å². The first-order valence-electron chi connectivity index (χ1n) is 10.4. The third-order valence-electron chi connectivity index (χ3n) is 5.64. The van der Waals surface area contributed by atoms with Crippen molar-refractivity contribution >= 4 is 81.7 Å². The number of hydrogen-bond acceptors (Lipinski definition) is 3. The van der Waals surface area contributed by atoms with Crippen molar-refractivity contribution in [2.75, 3.05) is 16.0 Å². The first-order chi connectivity index (χ1) is 17.4. The van der Waals surface area contributed by atoms with E-state index in [1.54, 1.807) is 18.2 Å². The zero-order valence-electron chi connectivity index (χ0n) is 18.2. The highest BCUT2D eigenvalue weighted by atomic mass is 35.5. The molecule has 192 valence electrons. The summed E-state index contributed by atoms with van der Waals surface area (Å²) in [5.41, 5.74) is -0.848. The van der Waals surface area contributed by atoms with E-state index in [1.807, 2.05) is 5.32 Å². The predicted molar refractivity (Wildman–Crippen MR) is 136 cm³/mol. The van der Waals surface area contributed by atoms with Crippen molar-refractivity contribution < 1.29 is 27.6 Å². The maximum atomic E-state index is 14.4. The molecule has 2 atom stereocenters. The minimum Gasteiger partial charge on any atom is -0.326 e. The molecule has 1 saturated carbocycles. The van der Waals surface area contributed by atoms with Crippen molar-refractivity contribution in [1.29, 1.82) is 0 Å². The molecule has 3 N–H and O–H groups in total. The third-order valence-corrected chi connectivity index (χ3v) is 7.32. The monoisotopic (exact) mass is 589 g/mol. The number of nitrogens with one attached hydrogen (secondary N) is 3. The fourth-order valence-electron chi connectivity index (χ4n) is 3.78. The molecule has 13 heteroatoms. The molecule has 3 aromatic rings. The Balaban J connectivity index is 1.52. The van der Waals surface area contributed by atoms with E-state index in [4.69, 9.17) is 46.4 Å². The molecule has 1 unspecified atom stereocenters. The van der Waals surface area contributed by atoms with E-state index in [0.717, 1.165) is 18.2 Å². The molecule has 3 amide bonds. The lowest BCUT2D eigenvalue weighted by atomic mass is 10.1. The molecule has 6 nitrogen and oxygen atoms in total. The standard InChI is InChI=1S/C24H14Cl4F3N3O3/c25-13-3-1-10(5-14(13)26)20-21(24(20,27)28)23(37)33-11-2-4-15(29)12(6-11)22(36)34-19-8-18(32-9-35)16(30)7-17(19)31/h1-9,20-21H,(H,32,35)(H,33,37)(H,34,36)/t20-,21?/m0/s1. The molecule has 0 heterocycles. The summed E-state index contributed by atoms with van der Waals surface area (Å²) >= 11 is 24.6. The van der Waals surface area contributed by atoms with Gasteiger partial charge in [0.15, 0.2) is 0 Å². The predicted octanol–water partition coefficient (Wildman–Crippen LogP) is 6.76. The summed E-state index contributed by atoms with van der Waals surface area (Å²) in [7, 11) is 0. The molecule has 37 heavy (non-hydrogen) atoms. The maximum Gasteiger partial charge on any atom is 0.258 e. The van der Waals surface area contributed by atoms with Gasteiger partial charge in [-0.1, -0.05) is 29.3 Å². The van der Waals surface area contributed by atoms with Gasteiger partial charge in [-0.3, -0.25) is 14.4 Å². The molecule has 0 bridgehead atoms. The molecule has 0 radical (unpaired) electrons. The second-order valence-electron chi connectivity index (χ2n) is 8.02. The lowest BCUT2D eigenvalue weighted by Crippen LogP contribution is -2.19. The Morgan fingerprint density at radius 2 is 1.54 bits per heavy atom. The van der Waals surface area contributed by atoms with Crippen molar-refractivity contribution in [3.63, 3.8) is 0 Å². The van der Waals surface area contributed by atoms with E-state index >= 15 is 0 Å². The first-order valence-corrected chi connectivity index (χ1v) is 11.9. The zero-order valence-corrected chi connectivity index (χ0v) is 21.2. The van der Waals surface area contributed by atoms with Gasteiger partial charge in [-0.05, 0) is 42.0 Å². The molecule has 0 aromatic heterocycles. The molecule has 0 spiro atoms. The zero-order chi connectivity index (χ0) is 27.1. The summed E-state index contributed by atoms with van der Waals surface area (Å²) in [6.45, 7) is 0. The van der Waals surface area contributed by atoms with E-state index < -0.39 is 62.4 Å². The maximum absolute atomic E-state index is 14.4. The van der Waals surface area contributed by atoms with Crippen molar-refractivity contribution in [1.82, 2.24) is 0 Å². The highest BCUT2D eigenvalue weighted by Gasteiger charge is 2.67. The van der Waals surface area contributed by atoms with Crippen LogP contribution in [-0.2, 0) is 9.59 Å². The molecular weight excluding hydrogens is 577 g/mol. The quantitative estimate of drug-likeness (QED) is 0.210. The number of benzene rings is 3. The summed E-state index contributed by atoms with van der Waals surface area (Å²) in [4.78, 5) is 36.1. The van der Waals surface area contributed by atoms with Gasteiger partial charge in [0.2, 0.25) is 12.3 Å². The third kappa shape index (κ3) is 5.50. The van der Waals surface area contributed by atoms with Crippen molar-refractivity contribution in [3.05, 3.63) is 87.2 Å². The topological polar surface area (TPSA) is 87.3 Å². The highest BCUT2D eigenvalue weighted by molar-refractivity contribution is 6.53. The minimum absolute atomic E-state index is 0.0309. The van der Waals surface area contributed by atoms with Crippen LogP contribution in [0.25, 0.3) is 0 Å². The molecule has 3 aromatic carbocycles. The van der Waals surface area contributed by atoms with Crippen molar-refractivity contribution in [3.8, 4) is 0 Å². The number of halogens is 7. The molecule has 1 aliphatic carbocycles. The number of carbonyl (C=O) groups is 3. The average molecular weight is 591 g/mol. The lowest BCUT2D eigenvalue weighted by molar-refractivity contribution is -0.117. The molecule has 0 saturated heterocycles. The Hall–Kier alpha value is -2.98. The van der Waals surface area contributed by atoms with Gasteiger partial charge in [0.05, 0.1) is 32.9 Å². The molecular formula is C24H14Cl4F3N3O3. The summed E-state index contributed by atoms with van der Waals surface area (Å²) in [5.74, 6) is -6.42. The van der Waals surface area contributed by atoms with Gasteiger partial charge in [0.25, 0.3) is 5.91 Å². The number of carbonyl (C=O) groups excluding carboxylic acids is 3. The minimum atomic E-state index is -1.45. The van der Waals surface area contributed by atoms with Crippen LogP contribution < -0.4 is 16.0 Å². The van der Waals surface area contributed by atoms with Crippen LogP contribution in [0.3, 0.4) is 0 Å². The van der Waals surface area contributed by atoms with Gasteiger partial charge in [-0.2, -0.15) is 0 Å². The summed E-state index contributed by atoms with van der Waals surface area (Å²) < 4.78 is 40.8. The van der Waals surface area contributed by atoms with Crippen LogP contribution in [0, 0.1) is 23.4 Å². The van der Waals surface area contributed by atoms with E-state index in [2.05, 4.69) is 10.6 Å². The van der Waals surface area contributed by atoms with Gasteiger partial charge in [-0.25, -0.2) is 13.2 Å². The number of hydrogen-bond donors (Lipinski definition) is 3. The van der Waals surface area contributed by atoms with E-state index in [1.165, 1.54) is 6.07 Å². The largest absolute Gasteiger partial charge is 0.326 e. The Morgan fingerprint density at radius 3 is 2.22 bits per heavy atom. The molecule has 0 aliphatic heterocycles. The Labute approximate surface area is 228 Å². The van der Waals surface area contributed by atoms with Gasteiger partial charge < -0.3 is 16.0 Å².